The summed E-state index contributed by atoms with van der Waals surface area (Å²) in [6, 6.07) is 0. The van der Waals surface area contributed by atoms with Crippen LogP contribution in [0.15, 0.2) is 0 Å². The van der Waals surface area contributed by atoms with Gasteiger partial charge in [-0.25, -0.2) is 0 Å². The Morgan fingerprint density at radius 1 is 0.833 bits per heavy atom. The van der Waals surface area contributed by atoms with Crippen molar-refractivity contribution in [3.63, 3.8) is 0 Å². The Bertz CT molecular complexity index is 153. The molecule has 0 fully saturated rings. The van der Waals surface area contributed by atoms with Gasteiger partial charge in [0.05, 0.1) is 6.61 Å². The first-order valence-corrected chi connectivity index (χ1v) is 7.67. The van der Waals surface area contributed by atoms with Gasteiger partial charge in [0.1, 0.15) is 0 Å². The largest absolute Gasteiger partial charge is 0.395 e. The second kappa shape index (κ2) is 14.9. The third kappa shape index (κ3) is 12.3. The molecule has 0 aliphatic rings. The fourth-order valence-corrected chi connectivity index (χ4v) is 2.17. The van der Waals surface area contributed by atoms with Crippen LogP contribution in [0, 0.1) is 0 Å². The molecule has 0 aromatic heterocycles. The maximum absolute atomic E-state index is 9.05. The topological polar surface area (TPSA) is 32.7 Å². The van der Waals surface area contributed by atoms with Crippen molar-refractivity contribution in [3.8, 4) is 0 Å². The summed E-state index contributed by atoms with van der Waals surface area (Å²) in [5.74, 6) is 0. The first-order valence-electron chi connectivity index (χ1n) is 7.67. The highest BCUT2D eigenvalue weighted by molar-refractivity contribution is 4.58. The SMILES string of the molecule is CCCCCCCCN(CCO)CCCCOC. The summed E-state index contributed by atoms with van der Waals surface area (Å²) < 4.78 is 5.05. The highest BCUT2D eigenvalue weighted by atomic mass is 16.5. The average molecular weight is 259 g/mol. The normalized spacial score (nSPS) is 11.3. The number of hydrogen-bond acceptors (Lipinski definition) is 3. The number of methoxy groups -OCH3 is 1. The molecule has 0 spiro atoms. The van der Waals surface area contributed by atoms with Gasteiger partial charge in [-0.1, -0.05) is 39.0 Å². The molecule has 0 aliphatic heterocycles. The van der Waals surface area contributed by atoms with Gasteiger partial charge in [-0.2, -0.15) is 0 Å². The van der Waals surface area contributed by atoms with Crippen LogP contribution in [0.3, 0.4) is 0 Å². The van der Waals surface area contributed by atoms with E-state index in [1.165, 1.54) is 44.9 Å². The van der Waals surface area contributed by atoms with E-state index in [9.17, 15) is 0 Å². The molecule has 0 radical (unpaired) electrons. The minimum Gasteiger partial charge on any atom is -0.395 e. The van der Waals surface area contributed by atoms with E-state index in [0.717, 1.165) is 32.7 Å². The monoisotopic (exact) mass is 259 g/mol. The standard InChI is InChI=1S/C15H33NO2/c1-3-4-5-6-7-8-11-16(13-14-17)12-9-10-15-18-2/h17H,3-15H2,1-2H3. The van der Waals surface area contributed by atoms with Crippen LogP contribution in [0.1, 0.15) is 58.3 Å². The lowest BCUT2D eigenvalue weighted by Gasteiger charge is -2.21. The molecule has 3 nitrogen and oxygen atoms in total. The molecule has 0 aromatic rings. The summed E-state index contributed by atoms with van der Waals surface area (Å²) in [5.41, 5.74) is 0. The van der Waals surface area contributed by atoms with Crippen molar-refractivity contribution in [1.29, 1.82) is 0 Å². The molecule has 1 N–H and O–H groups in total. The Labute approximate surface area is 114 Å². The van der Waals surface area contributed by atoms with Gasteiger partial charge < -0.3 is 14.7 Å². The number of hydrogen-bond donors (Lipinski definition) is 1. The lowest BCUT2D eigenvalue weighted by Crippen LogP contribution is -2.29. The Balaban J connectivity index is 3.44. The van der Waals surface area contributed by atoms with Crippen LogP contribution in [0.2, 0.25) is 0 Å². The molecule has 0 unspecified atom stereocenters. The van der Waals surface area contributed by atoms with Gasteiger partial charge >= 0.3 is 0 Å². The predicted molar refractivity (Wildman–Crippen MR) is 78.0 cm³/mol. The summed E-state index contributed by atoms with van der Waals surface area (Å²) in [6.45, 7) is 6.44. The fraction of sp³-hybridized carbons (Fsp3) is 1.00. The van der Waals surface area contributed by atoms with Crippen LogP contribution in [-0.4, -0.2) is 50.0 Å². The van der Waals surface area contributed by atoms with Gasteiger partial charge in [-0.15, -0.1) is 0 Å². The molecule has 0 rings (SSSR count). The average Bonchev–Trinajstić information content (AvgIpc) is 2.38. The maximum atomic E-state index is 9.05. The van der Waals surface area contributed by atoms with E-state index in [1.807, 2.05) is 0 Å². The summed E-state index contributed by atoms with van der Waals surface area (Å²) in [4.78, 5) is 2.38. The Kier molecular flexibility index (Phi) is 14.8. The third-order valence-electron chi connectivity index (χ3n) is 3.32. The summed E-state index contributed by atoms with van der Waals surface area (Å²) in [5, 5.41) is 9.05. The van der Waals surface area contributed by atoms with Crippen LogP contribution in [0.25, 0.3) is 0 Å². The van der Waals surface area contributed by atoms with E-state index in [0.29, 0.717) is 0 Å². The molecule has 0 atom stereocenters. The summed E-state index contributed by atoms with van der Waals surface area (Å²) in [7, 11) is 1.75. The van der Waals surface area contributed by atoms with Crippen molar-refractivity contribution in [1.82, 2.24) is 4.90 Å². The number of aliphatic hydroxyl groups is 1. The van der Waals surface area contributed by atoms with Crippen molar-refractivity contribution >= 4 is 0 Å². The van der Waals surface area contributed by atoms with Crippen molar-refractivity contribution in [3.05, 3.63) is 0 Å². The van der Waals surface area contributed by atoms with Crippen LogP contribution >= 0.6 is 0 Å². The van der Waals surface area contributed by atoms with E-state index < -0.39 is 0 Å². The predicted octanol–water partition coefficient (Wildman–Crippen LogP) is 3.07. The summed E-state index contributed by atoms with van der Waals surface area (Å²) >= 11 is 0. The number of ether oxygens (including phenoxy) is 1. The van der Waals surface area contributed by atoms with Gasteiger partial charge in [0, 0.05) is 20.3 Å². The Morgan fingerprint density at radius 2 is 1.44 bits per heavy atom. The maximum Gasteiger partial charge on any atom is 0.0558 e. The van der Waals surface area contributed by atoms with E-state index >= 15 is 0 Å². The van der Waals surface area contributed by atoms with Gasteiger partial charge in [-0.3, -0.25) is 0 Å². The molecule has 0 heterocycles. The number of unbranched alkanes of at least 4 members (excludes halogenated alkanes) is 6. The molecular formula is C15H33NO2. The lowest BCUT2D eigenvalue weighted by atomic mass is 10.1. The minimum absolute atomic E-state index is 0.278. The van der Waals surface area contributed by atoms with Crippen molar-refractivity contribution in [2.45, 2.75) is 58.3 Å². The van der Waals surface area contributed by atoms with Crippen molar-refractivity contribution in [2.75, 3.05) is 40.0 Å². The smallest absolute Gasteiger partial charge is 0.0558 e. The molecule has 0 bridgehead atoms. The molecule has 0 saturated carbocycles. The first kappa shape index (κ1) is 17.9. The molecule has 0 amide bonds. The molecule has 18 heavy (non-hydrogen) atoms. The first-order chi connectivity index (χ1) is 8.85. The number of aliphatic hydroxyl groups excluding tert-OH is 1. The number of nitrogens with zero attached hydrogens (tertiary/aromatic N) is 1. The Hall–Kier alpha value is -0.120. The van der Waals surface area contributed by atoms with E-state index in [1.54, 1.807) is 7.11 Å². The molecule has 0 aliphatic carbocycles. The second-order valence-corrected chi connectivity index (χ2v) is 5.03. The zero-order valence-electron chi connectivity index (χ0n) is 12.5. The van der Waals surface area contributed by atoms with E-state index in [2.05, 4.69) is 11.8 Å². The van der Waals surface area contributed by atoms with Gasteiger partial charge in [0.25, 0.3) is 0 Å². The van der Waals surface area contributed by atoms with Crippen LogP contribution in [0.5, 0.6) is 0 Å². The fourth-order valence-electron chi connectivity index (χ4n) is 2.17. The molecular weight excluding hydrogens is 226 g/mol. The molecule has 3 heteroatoms. The third-order valence-corrected chi connectivity index (χ3v) is 3.32. The zero-order chi connectivity index (χ0) is 13.5. The molecule has 110 valence electrons. The minimum atomic E-state index is 0.278. The van der Waals surface area contributed by atoms with Crippen LogP contribution in [0.4, 0.5) is 0 Å². The zero-order valence-corrected chi connectivity index (χ0v) is 12.5. The number of rotatable bonds is 14. The van der Waals surface area contributed by atoms with Crippen LogP contribution < -0.4 is 0 Å². The van der Waals surface area contributed by atoms with Gasteiger partial charge in [-0.05, 0) is 32.4 Å². The van der Waals surface area contributed by atoms with E-state index in [-0.39, 0.29) is 6.61 Å². The highest BCUT2D eigenvalue weighted by Gasteiger charge is 2.03. The van der Waals surface area contributed by atoms with Gasteiger partial charge in [0.2, 0.25) is 0 Å². The quantitative estimate of drug-likeness (QED) is 0.487. The van der Waals surface area contributed by atoms with Gasteiger partial charge in [0.15, 0.2) is 0 Å². The van der Waals surface area contributed by atoms with Crippen molar-refractivity contribution < 1.29 is 9.84 Å². The lowest BCUT2D eigenvalue weighted by molar-refractivity contribution is 0.169. The van der Waals surface area contributed by atoms with E-state index in [4.69, 9.17) is 9.84 Å². The highest BCUT2D eigenvalue weighted by Crippen LogP contribution is 2.06. The second-order valence-electron chi connectivity index (χ2n) is 5.03. The molecule has 0 aromatic carbocycles. The van der Waals surface area contributed by atoms with Crippen molar-refractivity contribution in [2.24, 2.45) is 0 Å². The Morgan fingerprint density at radius 3 is 2.06 bits per heavy atom. The summed E-state index contributed by atoms with van der Waals surface area (Å²) in [6.07, 6.45) is 10.3. The molecule has 0 saturated heterocycles. The van der Waals surface area contributed by atoms with Crippen LogP contribution in [-0.2, 0) is 4.74 Å².